The molecule has 0 radical (unpaired) electrons. The van der Waals surface area contributed by atoms with Gasteiger partial charge in [-0.2, -0.15) is 0 Å². The van der Waals surface area contributed by atoms with Crippen LogP contribution in [0, 0.1) is 0 Å². The fourth-order valence-corrected chi connectivity index (χ4v) is 7.17. The van der Waals surface area contributed by atoms with Crippen molar-refractivity contribution in [1.29, 1.82) is 0 Å². The predicted octanol–water partition coefficient (Wildman–Crippen LogP) is 7.72. The Hall–Kier alpha value is -3.00. The largest absolute Gasteiger partial charge is 0.488 e. The number of nitrogens with zero attached hydrogens (tertiary/aromatic N) is 1. The van der Waals surface area contributed by atoms with Crippen molar-refractivity contribution in [3.63, 3.8) is 0 Å². The van der Waals surface area contributed by atoms with Crippen molar-refractivity contribution in [3.05, 3.63) is 78.4 Å². The quantitative estimate of drug-likeness (QED) is 0.105. The van der Waals surface area contributed by atoms with Crippen LogP contribution in [0.4, 0.5) is 0 Å². The molecule has 1 unspecified atom stereocenters. The third kappa shape index (κ3) is 10.6. The Morgan fingerprint density at radius 1 is 0.750 bits per heavy atom. The fourth-order valence-electron chi connectivity index (χ4n) is 5.13. The molecule has 1 fully saturated rings. The molecular weight excluding hydrogens is 570 g/mol. The van der Waals surface area contributed by atoms with Gasteiger partial charge in [0.05, 0.1) is 17.5 Å². The van der Waals surface area contributed by atoms with Crippen molar-refractivity contribution in [2.75, 3.05) is 33.4 Å². The molecule has 3 aromatic carbocycles. The van der Waals surface area contributed by atoms with E-state index in [1.165, 1.54) is 20.2 Å². The first-order chi connectivity index (χ1) is 20.9. The standard InChI is InChI=1S/C37H50NO5S/c1-36(2,3)42-29-13-19-32(20-14-29)44(33-21-15-30(16-22-33)43-37(4,5)6)31-17-11-28(12-18-31)10-8-25-40-26-9-24-38(7)34-23-27-41-35(34)39/h11-22,34H,8-10,23-27H2,1-7H3/q+1. The highest BCUT2D eigenvalue weighted by atomic mass is 32.2. The zero-order valence-electron chi connectivity index (χ0n) is 27.6. The van der Waals surface area contributed by atoms with Gasteiger partial charge in [-0.1, -0.05) is 12.1 Å². The van der Waals surface area contributed by atoms with Crippen LogP contribution >= 0.6 is 0 Å². The second-order valence-electron chi connectivity index (χ2n) is 13.3. The van der Waals surface area contributed by atoms with Crippen LogP contribution in [0.5, 0.6) is 11.5 Å². The average Bonchev–Trinajstić information content (AvgIpc) is 3.39. The Balaban J connectivity index is 1.35. The van der Waals surface area contributed by atoms with Gasteiger partial charge in [0.15, 0.2) is 14.7 Å². The second kappa shape index (κ2) is 15.3. The summed E-state index contributed by atoms with van der Waals surface area (Å²) in [6, 6.07) is 26.0. The van der Waals surface area contributed by atoms with Crippen molar-refractivity contribution in [2.45, 2.75) is 99.2 Å². The highest BCUT2D eigenvalue weighted by Gasteiger charge is 2.30. The van der Waals surface area contributed by atoms with Gasteiger partial charge in [0.2, 0.25) is 0 Å². The normalized spacial score (nSPS) is 15.6. The van der Waals surface area contributed by atoms with E-state index in [0.29, 0.717) is 13.2 Å². The minimum Gasteiger partial charge on any atom is -0.488 e. The summed E-state index contributed by atoms with van der Waals surface area (Å²) in [6.07, 6.45) is 3.64. The van der Waals surface area contributed by atoms with Crippen LogP contribution in [-0.4, -0.2) is 61.5 Å². The maximum atomic E-state index is 11.7. The van der Waals surface area contributed by atoms with Crippen LogP contribution in [-0.2, 0) is 31.6 Å². The summed E-state index contributed by atoms with van der Waals surface area (Å²) in [4.78, 5) is 17.6. The molecule has 1 heterocycles. The van der Waals surface area contributed by atoms with Crippen LogP contribution in [0.15, 0.2) is 87.5 Å². The molecule has 1 saturated heterocycles. The molecule has 0 aromatic heterocycles. The minimum absolute atomic E-state index is 0.0955. The SMILES string of the molecule is CN(CCCOCCCc1ccc([S+](c2ccc(OC(C)(C)C)cc2)c2ccc(OC(C)(C)C)cc2)cc1)C1CCOC1=O. The summed E-state index contributed by atoms with van der Waals surface area (Å²) in [5.74, 6) is 1.65. The molecule has 0 N–H and O–H groups in total. The van der Waals surface area contributed by atoms with Crippen LogP contribution < -0.4 is 9.47 Å². The maximum absolute atomic E-state index is 11.7. The number of hydrogen-bond acceptors (Lipinski definition) is 6. The highest BCUT2D eigenvalue weighted by molar-refractivity contribution is 7.97. The zero-order chi connectivity index (χ0) is 31.7. The lowest BCUT2D eigenvalue weighted by molar-refractivity contribution is -0.142. The number of likely N-dealkylation sites (N-methyl/N-ethyl adjacent to an activating group) is 1. The van der Waals surface area contributed by atoms with Crippen molar-refractivity contribution in [3.8, 4) is 11.5 Å². The molecule has 7 heteroatoms. The van der Waals surface area contributed by atoms with Crippen LogP contribution in [0.25, 0.3) is 0 Å². The van der Waals surface area contributed by atoms with Gasteiger partial charge in [0.1, 0.15) is 28.7 Å². The van der Waals surface area contributed by atoms with E-state index >= 15 is 0 Å². The first-order valence-corrected chi connectivity index (χ1v) is 17.0. The van der Waals surface area contributed by atoms with Gasteiger partial charge in [-0.3, -0.25) is 9.69 Å². The molecule has 3 aromatic rings. The van der Waals surface area contributed by atoms with E-state index in [1.54, 1.807) is 0 Å². The summed E-state index contributed by atoms with van der Waals surface area (Å²) in [5.41, 5.74) is 0.829. The molecule has 0 saturated carbocycles. The topological polar surface area (TPSA) is 57.2 Å². The number of benzene rings is 3. The van der Waals surface area contributed by atoms with E-state index < -0.39 is 0 Å². The number of aryl methyl sites for hydroxylation is 1. The molecule has 44 heavy (non-hydrogen) atoms. The van der Waals surface area contributed by atoms with E-state index in [0.717, 1.165) is 50.3 Å². The fraction of sp³-hybridized carbons (Fsp3) is 0.486. The zero-order valence-corrected chi connectivity index (χ0v) is 28.4. The molecule has 6 nitrogen and oxygen atoms in total. The van der Waals surface area contributed by atoms with E-state index in [-0.39, 0.29) is 34.1 Å². The number of ether oxygens (including phenoxy) is 4. The Morgan fingerprint density at radius 3 is 1.68 bits per heavy atom. The van der Waals surface area contributed by atoms with Gasteiger partial charge in [0.25, 0.3) is 0 Å². The van der Waals surface area contributed by atoms with Gasteiger partial charge in [-0.05, 0) is 134 Å². The smallest absolute Gasteiger partial charge is 0.323 e. The summed E-state index contributed by atoms with van der Waals surface area (Å²) >= 11 is 0. The number of cyclic esters (lactones) is 1. The maximum Gasteiger partial charge on any atom is 0.323 e. The Morgan fingerprint density at radius 2 is 1.23 bits per heavy atom. The second-order valence-corrected chi connectivity index (χ2v) is 15.4. The molecule has 4 rings (SSSR count). The number of esters is 1. The Bertz CT molecular complexity index is 1250. The first-order valence-electron chi connectivity index (χ1n) is 15.7. The summed E-state index contributed by atoms with van der Waals surface area (Å²) in [7, 11) is 1.71. The van der Waals surface area contributed by atoms with Gasteiger partial charge in [0, 0.05) is 26.2 Å². The number of hydrogen-bond donors (Lipinski definition) is 0. The lowest BCUT2D eigenvalue weighted by Crippen LogP contribution is -2.36. The summed E-state index contributed by atoms with van der Waals surface area (Å²) in [6.45, 7) is 15.2. The molecule has 238 valence electrons. The van der Waals surface area contributed by atoms with E-state index in [4.69, 9.17) is 18.9 Å². The molecular formula is C37H50NO5S+. The van der Waals surface area contributed by atoms with Crippen molar-refractivity contribution < 1.29 is 23.7 Å². The lowest BCUT2D eigenvalue weighted by atomic mass is 10.1. The monoisotopic (exact) mass is 620 g/mol. The lowest BCUT2D eigenvalue weighted by Gasteiger charge is -2.21. The predicted molar refractivity (Wildman–Crippen MR) is 178 cm³/mol. The highest BCUT2D eigenvalue weighted by Crippen LogP contribution is 2.34. The Kier molecular flexibility index (Phi) is 11.8. The van der Waals surface area contributed by atoms with Crippen LogP contribution in [0.3, 0.4) is 0 Å². The van der Waals surface area contributed by atoms with Gasteiger partial charge >= 0.3 is 5.97 Å². The molecule has 1 aliphatic heterocycles. The van der Waals surface area contributed by atoms with Gasteiger partial charge in [-0.25, -0.2) is 0 Å². The van der Waals surface area contributed by atoms with E-state index in [9.17, 15) is 4.79 Å². The average molecular weight is 621 g/mol. The molecule has 0 aliphatic carbocycles. The Labute approximate surface area is 267 Å². The van der Waals surface area contributed by atoms with Crippen LogP contribution in [0.1, 0.15) is 66.4 Å². The third-order valence-electron chi connectivity index (χ3n) is 7.12. The van der Waals surface area contributed by atoms with Gasteiger partial charge < -0.3 is 18.9 Å². The minimum atomic E-state index is -0.273. The molecule has 0 spiro atoms. The van der Waals surface area contributed by atoms with Gasteiger partial charge in [-0.15, -0.1) is 0 Å². The molecule has 1 atom stereocenters. The third-order valence-corrected chi connectivity index (χ3v) is 9.35. The first kappa shape index (κ1) is 33.9. The number of rotatable bonds is 14. The van der Waals surface area contributed by atoms with Crippen LogP contribution in [0.2, 0.25) is 0 Å². The van der Waals surface area contributed by atoms with Crippen molar-refractivity contribution in [1.82, 2.24) is 4.90 Å². The summed E-state index contributed by atoms with van der Waals surface area (Å²) in [5, 5.41) is 0. The van der Waals surface area contributed by atoms with Crippen molar-refractivity contribution in [2.24, 2.45) is 0 Å². The van der Waals surface area contributed by atoms with Crippen molar-refractivity contribution >= 4 is 16.9 Å². The van der Waals surface area contributed by atoms with E-state index in [2.05, 4.69) is 119 Å². The number of carbonyl (C=O) groups excluding carboxylic acids is 1. The molecule has 0 amide bonds. The number of carbonyl (C=O) groups is 1. The summed E-state index contributed by atoms with van der Waals surface area (Å²) < 4.78 is 23.1. The molecule has 1 aliphatic rings. The molecule has 0 bridgehead atoms. The van der Waals surface area contributed by atoms with E-state index in [1.807, 2.05) is 7.05 Å².